The Hall–Kier alpha value is -1.08. The minimum absolute atomic E-state index is 0.627. The molecule has 1 aliphatic carbocycles. The van der Waals surface area contributed by atoms with Gasteiger partial charge in [0.2, 0.25) is 0 Å². The number of para-hydroxylation sites is 1. The number of rotatable bonds is 1. The first-order chi connectivity index (χ1) is 7.84. The molecule has 1 fully saturated rings. The lowest BCUT2D eigenvalue weighted by atomic mass is 10.0. The molecule has 0 atom stereocenters. The second-order valence-corrected chi connectivity index (χ2v) is 4.93. The summed E-state index contributed by atoms with van der Waals surface area (Å²) in [4.78, 5) is 4.73. The van der Waals surface area contributed by atoms with Crippen molar-refractivity contribution in [3.8, 4) is 0 Å². The van der Waals surface area contributed by atoms with Crippen molar-refractivity contribution in [2.24, 2.45) is 0 Å². The van der Waals surface area contributed by atoms with Crippen LogP contribution in [0, 0.1) is 0 Å². The normalized spacial score (nSPS) is 17.1. The number of pyridine rings is 1. The molecule has 0 spiro atoms. The summed E-state index contributed by atoms with van der Waals surface area (Å²) in [5.74, 6) is 0.627. The van der Waals surface area contributed by atoms with Crippen LogP contribution in [0.2, 0.25) is 5.02 Å². The summed E-state index contributed by atoms with van der Waals surface area (Å²) in [6.07, 6.45) is 5.19. The summed E-state index contributed by atoms with van der Waals surface area (Å²) < 4.78 is 0. The zero-order valence-corrected chi connectivity index (χ0v) is 9.87. The van der Waals surface area contributed by atoms with E-state index < -0.39 is 0 Å². The van der Waals surface area contributed by atoms with E-state index >= 15 is 0 Å². The zero-order valence-electron chi connectivity index (χ0n) is 9.12. The zero-order chi connectivity index (χ0) is 11.0. The van der Waals surface area contributed by atoms with Crippen LogP contribution in [0.15, 0.2) is 30.3 Å². The molecular formula is C14H14ClN. The molecule has 1 heterocycles. The van der Waals surface area contributed by atoms with E-state index in [4.69, 9.17) is 16.6 Å². The van der Waals surface area contributed by atoms with Crippen LogP contribution in [-0.2, 0) is 0 Å². The largest absolute Gasteiger partial charge is 0.252 e. The number of nitrogens with zero attached hydrogens (tertiary/aromatic N) is 1. The Balaban J connectivity index is 2.13. The van der Waals surface area contributed by atoms with Crippen molar-refractivity contribution in [3.05, 3.63) is 41.0 Å². The van der Waals surface area contributed by atoms with Gasteiger partial charge in [-0.1, -0.05) is 42.6 Å². The first-order valence-electron chi connectivity index (χ1n) is 5.90. The van der Waals surface area contributed by atoms with E-state index in [2.05, 4.69) is 6.07 Å². The molecule has 0 radical (unpaired) electrons. The highest BCUT2D eigenvalue weighted by molar-refractivity contribution is 6.35. The van der Waals surface area contributed by atoms with E-state index in [-0.39, 0.29) is 0 Å². The Bertz CT molecular complexity index is 515. The summed E-state index contributed by atoms with van der Waals surface area (Å²) in [6, 6.07) is 10.2. The van der Waals surface area contributed by atoms with Gasteiger partial charge in [-0.2, -0.15) is 0 Å². The van der Waals surface area contributed by atoms with Crippen molar-refractivity contribution in [2.75, 3.05) is 0 Å². The summed E-state index contributed by atoms with van der Waals surface area (Å²) >= 11 is 6.30. The van der Waals surface area contributed by atoms with Crippen LogP contribution in [0.4, 0.5) is 0 Å². The fourth-order valence-corrected chi connectivity index (χ4v) is 2.85. The van der Waals surface area contributed by atoms with E-state index in [1.54, 1.807) is 0 Å². The molecule has 1 aromatic carbocycles. The lowest BCUT2D eigenvalue weighted by molar-refractivity contribution is 0.701. The van der Waals surface area contributed by atoms with Crippen molar-refractivity contribution in [1.82, 2.24) is 4.98 Å². The van der Waals surface area contributed by atoms with Crippen LogP contribution in [0.1, 0.15) is 37.3 Å². The molecule has 0 saturated heterocycles. The van der Waals surface area contributed by atoms with Gasteiger partial charge in [-0.05, 0) is 25.0 Å². The van der Waals surface area contributed by atoms with Crippen molar-refractivity contribution in [1.29, 1.82) is 0 Å². The molecule has 3 rings (SSSR count). The standard InChI is InChI=1S/C14H14ClN/c15-12-9-14(10-5-1-2-6-10)16-13-8-4-3-7-11(12)13/h3-4,7-10H,1-2,5-6H2. The highest BCUT2D eigenvalue weighted by atomic mass is 35.5. The van der Waals surface area contributed by atoms with E-state index in [1.807, 2.05) is 24.3 Å². The van der Waals surface area contributed by atoms with Gasteiger partial charge in [-0.25, -0.2) is 0 Å². The predicted octanol–water partition coefficient (Wildman–Crippen LogP) is 4.55. The molecule has 0 amide bonds. The van der Waals surface area contributed by atoms with E-state index in [1.165, 1.54) is 31.4 Å². The molecule has 16 heavy (non-hydrogen) atoms. The number of halogens is 1. The van der Waals surface area contributed by atoms with Crippen LogP contribution in [0.25, 0.3) is 10.9 Å². The van der Waals surface area contributed by atoms with Gasteiger partial charge in [0.05, 0.1) is 10.5 Å². The molecule has 0 aliphatic heterocycles. The van der Waals surface area contributed by atoms with Crippen molar-refractivity contribution in [2.45, 2.75) is 31.6 Å². The van der Waals surface area contributed by atoms with Crippen LogP contribution >= 0.6 is 11.6 Å². The molecule has 0 bridgehead atoms. The maximum absolute atomic E-state index is 6.30. The Morgan fingerprint density at radius 2 is 1.88 bits per heavy atom. The first kappa shape index (κ1) is 10.1. The minimum Gasteiger partial charge on any atom is -0.252 e. The SMILES string of the molecule is Clc1cc(C2CCCC2)nc2ccccc12. The summed E-state index contributed by atoms with van der Waals surface area (Å²) in [5, 5.41) is 1.90. The molecule has 0 N–H and O–H groups in total. The molecule has 0 unspecified atom stereocenters. The van der Waals surface area contributed by atoms with Gasteiger partial charge >= 0.3 is 0 Å². The Kier molecular flexibility index (Phi) is 2.56. The lowest BCUT2D eigenvalue weighted by Gasteiger charge is -2.10. The van der Waals surface area contributed by atoms with Gasteiger partial charge in [-0.3, -0.25) is 4.98 Å². The monoisotopic (exact) mass is 231 g/mol. The van der Waals surface area contributed by atoms with Crippen LogP contribution in [0.3, 0.4) is 0 Å². The van der Waals surface area contributed by atoms with E-state index in [0.29, 0.717) is 5.92 Å². The Labute approximate surface area is 100 Å². The number of hydrogen-bond donors (Lipinski definition) is 0. The molecule has 1 saturated carbocycles. The van der Waals surface area contributed by atoms with E-state index in [9.17, 15) is 0 Å². The van der Waals surface area contributed by atoms with Crippen LogP contribution < -0.4 is 0 Å². The third-order valence-corrected chi connectivity index (χ3v) is 3.77. The molecule has 82 valence electrons. The second kappa shape index (κ2) is 4.06. The maximum Gasteiger partial charge on any atom is 0.0720 e. The summed E-state index contributed by atoms with van der Waals surface area (Å²) in [6.45, 7) is 0. The highest BCUT2D eigenvalue weighted by Gasteiger charge is 2.19. The molecule has 2 heteroatoms. The predicted molar refractivity (Wildman–Crippen MR) is 68.0 cm³/mol. The smallest absolute Gasteiger partial charge is 0.0720 e. The molecule has 1 aliphatic rings. The number of benzene rings is 1. The average molecular weight is 232 g/mol. The van der Waals surface area contributed by atoms with Crippen LogP contribution in [-0.4, -0.2) is 4.98 Å². The molecule has 1 nitrogen and oxygen atoms in total. The maximum atomic E-state index is 6.30. The second-order valence-electron chi connectivity index (χ2n) is 4.53. The summed E-state index contributed by atoms with van der Waals surface area (Å²) in [5.41, 5.74) is 2.21. The lowest BCUT2D eigenvalue weighted by Crippen LogP contribution is -1.96. The van der Waals surface area contributed by atoms with Crippen LogP contribution in [0.5, 0.6) is 0 Å². The Morgan fingerprint density at radius 1 is 1.12 bits per heavy atom. The van der Waals surface area contributed by atoms with E-state index in [0.717, 1.165) is 15.9 Å². The van der Waals surface area contributed by atoms with Gasteiger partial charge in [0.15, 0.2) is 0 Å². The first-order valence-corrected chi connectivity index (χ1v) is 6.27. The van der Waals surface area contributed by atoms with Gasteiger partial charge in [0.1, 0.15) is 0 Å². The number of fused-ring (bicyclic) bond motifs is 1. The third kappa shape index (κ3) is 1.69. The van der Waals surface area contributed by atoms with Gasteiger partial charge in [-0.15, -0.1) is 0 Å². The Morgan fingerprint density at radius 3 is 2.69 bits per heavy atom. The fraction of sp³-hybridized carbons (Fsp3) is 0.357. The van der Waals surface area contributed by atoms with Crippen molar-refractivity contribution < 1.29 is 0 Å². The topological polar surface area (TPSA) is 12.9 Å². The minimum atomic E-state index is 0.627. The highest BCUT2D eigenvalue weighted by Crippen LogP contribution is 2.35. The number of hydrogen-bond acceptors (Lipinski definition) is 1. The fourth-order valence-electron chi connectivity index (χ4n) is 2.58. The molecular weight excluding hydrogens is 218 g/mol. The third-order valence-electron chi connectivity index (χ3n) is 3.46. The number of aromatic nitrogens is 1. The quantitative estimate of drug-likeness (QED) is 0.702. The molecule has 1 aromatic heterocycles. The van der Waals surface area contributed by atoms with Gasteiger partial charge in [0, 0.05) is 17.0 Å². The van der Waals surface area contributed by atoms with Gasteiger partial charge < -0.3 is 0 Å². The summed E-state index contributed by atoms with van der Waals surface area (Å²) in [7, 11) is 0. The average Bonchev–Trinajstić information content (AvgIpc) is 2.82. The molecule has 2 aromatic rings. The van der Waals surface area contributed by atoms with Crippen molar-refractivity contribution in [3.63, 3.8) is 0 Å². The van der Waals surface area contributed by atoms with Gasteiger partial charge in [0.25, 0.3) is 0 Å². The van der Waals surface area contributed by atoms with Crippen molar-refractivity contribution >= 4 is 22.5 Å².